The van der Waals surface area contributed by atoms with Gasteiger partial charge in [0, 0.05) is 11.1 Å². The zero-order valence-corrected chi connectivity index (χ0v) is 10.1. The highest BCUT2D eigenvalue weighted by Gasteiger charge is 2.13. The topological polar surface area (TPSA) is 40.5 Å². The molecule has 0 amide bonds. The first kappa shape index (κ1) is 11.5. The average molecular weight is 228 g/mol. The van der Waals surface area contributed by atoms with E-state index in [-0.39, 0.29) is 11.5 Å². The maximum atomic E-state index is 9.97. The predicted octanol–water partition coefficient (Wildman–Crippen LogP) is 3.64. The normalized spacial score (nSPS) is 10.5. The molecule has 0 unspecified atom stereocenters. The molecular formula is C15H16O2. The van der Waals surface area contributed by atoms with Crippen molar-refractivity contribution >= 4 is 0 Å². The number of phenols is 2. The molecule has 2 aromatic rings. The highest BCUT2D eigenvalue weighted by molar-refractivity contribution is 5.77. The summed E-state index contributed by atoms with van der Waals surface area (Å²) >= 11 is 0. The van der Waals surface area contributed by atoms with Crippen molar-refractivity contribution in [2.24, 2.45) is 0 Å². The van der Waals surface area contributed by atoms with E-state index in [4.69, 9.17) is 0 Å². The molecule has 0 fully saturated rings. The minimum Gasteiger partial charge on any atom is -0.508 e. The van der Waals surface area contributed by atoms with E-state index in [1.807, 2.05) is 32.0 Å². The smallest absolute Gasteiger partial charge is 0.123 e. The molecule has 2 heteroatoms. The molecule has 0 radical (unpaired) electrons. The van der Waals surface area contributed by atoms with Gasteiger partial charge in [0.25, 0.3) is 0 Å². The Morgan fingerprint density at radius 2 is 1.59 bits per heavy atom. The Labute approximate surface area is 101 Å². The fourth-order valence-corrected chi connectivity index (χ4v) is 2.18. The van der Waals surface area contributed by atoms with Gasteiger partial charge in [-0.3, -0.25) is 0 Å². The molecule has 2 rings (SSSR count). The van der Waals surface area contributed by atoms with Gasteiger partial charge in [0.1, 0.15) is 11.5 Å². The third-order valence-electron chi connectivity index (χ3n) is 3.02. The highest BCUT2D eigenvalue weighted by Crippen LogP contribution is 2.37. The van der Waals surface area contributed by atoms with E-state index in [0.717, 1.165) is 28.7 Å². The minimum atomic E-state index is 0.255. The molecule has 17 heavy (non-hydrogen) atoms. The van der Waals surface area contributed by atoms with Gasteiger partial charge in [0.15, 0.2) is 0 Å². The number of hydrogen-bond acceptors (Lipinski definition) is 2. The molecule has 0 saturated heterocycles. The molecule has 0 heterocycles. The molecule has 0 aliphatic heterocycles. The largest absolute Gasteiger partial charge is 0.508 e. The van der Waals surface area contributed by atoms with Gasteiger partial charge in [0.2, 0.25) is 0 Å². The van der Waals surface area contributed by atoms with Crippen LogP contribution in [0.3, 0.4) is 0 Å². The Kier molecular flexibility index (Phi) is 3.05. The summed E-state index contributed by atoms with van der Waals surface area (Å²) in [6.07, 6.45) is 0.732. The van der Waals surface area contributed by atoms with Crippen molar-refractivity contribution in [3.05, 3.63) is 47.5 Å². The Morgan fingerprint density at radius 3 is 2.24 bits per heavy atom. The summed E-state index contributed by atoms with van der Waals surface area (Å²) in [6, 6.07) is 10.9. The van der Waals surface area contributed by atoms with Crippen LogP contribution in [-0.4, -0.2) is 10.2 Å². The summed E-state index contributed by atoms with van der Waals surface area (Å²) in [5, 5.41) is 19.8. The second-order valence-corrected chi connectivity index (χ2v) is 4.13. The zero-order chi connectivity index (χ0) is 12.4. The van der Waals surface area contributed by atoms with Crippen molar-refractivity contribution in [2.75, 3.05) is 0 Å². The molecule has 88 valence electrons. The third kappa shape index (κ3) is 1.98. The van der Waals surface area contributed by atoms with Gasteiger partial charge in [0.05, 0.1) is 0 Å². The van der Waals surface area contributed by atoms with E-state index in [1.54, 1.807) is 18.2 Å². The minimum absolute atomic E-state index is 0.255. The fraction of sp³-hybridized carbons (Fsp3) is 0.200. The summed E-state index contributed by atoms with van der Waals surface area (Å²) in [5.74, 6) is 0.540. The summed E-state index contributed by atoms with van der Waals surface area (Å²) < 4.78 is 0. The first-order chi connectivity index (χ1) is 8.15. The lowest BCUT2D eigenvalue weighted by molar-refractivity contribution is 0.468. The van der Waals surface area contributed by atoms with Crippen LogP contribution in [0.2, 0.25) is 0 Å². The lowest BCUT2D eigenvalue weighted by atomic mass is 9.93. The molecule has 0 aromatic heterocycles. The van der Waals surface area contributed by atoms with Gasteiger partial charge in [-0.25, -0.2) is 0 Å². The van der Waals surface area contributed by atoms with Crippen LogP contribution < -0.4 is 0 Å². The molecular weight excluding hydrogens is 212 g/mol. The Bertz CT molecular complexity index is 524. The van der Waals surface area contributed by atoms with E-state index in [9.17, 15) is 10.2 Å². The molecule has 0 atom stereocenters. The summed E-state index contributed by atoms with van der Waals surface area (Å²) in [5.41, 5.74) is 3.59. The molecule has 0 saturated carbocycles. The molecule has 0 aliphatic carbocycles. The zero-order valence-electron chi connectivity index (χ0n) is 10.1. The lowest BCUT2D eigenvalue weighted by Gasteiger charge is -2.13. The third-order valence-corrected chi connectivity index (χ3v) is 3.02. The van der Waals surface area contributed by atoms with Crippen molar-refractivity contribution < 1.29 is 10.2 Å². The van der Waals surface area contributed by atoms with Gasteiger partial charge >= 0.3 is 0 Å². The molecule has 0 spiro atoms. The van der Waals surface area contributed by atoms with Crippen LogP contribution in [0.5, 0.6) is 11.5 Å². The van der Waals surface area contributed by atoms with Crippen LogP contribution in [0, 0.1) is 6.92 Å². The number of aryl methyl sites for hydroxylation is 1. The summed E-state index contributed by atoms with van der Waals surface area (Å²) in [6.45, 7) is 3.95. The van der Waals surface area contributed by atoms with Crippen LogP contribution in [-0.2, 0) is 6.42 Å². The van der Waals surface area contributed by atoms with Crippen LogP contribution in [0.15, 0.2) is 36.4 Å². The lowest BCUT2D eigenvalue weighted by Crippen LogP contribution is -1.91. The SMILES string of the molecule is CCc1c(O)cccc1-c1c(C)cccc1O. The van der Waals surface area contributed by atoms with E-state index >= 15 is 0 Å². The Morgan fingerprint density at radius 1 is 0.941 bits per heavy atom. The van der Waals surface area contributed by atoms with Crippen LogP contribution in [0.1, 0.15) is 18.1 Å². The average Bonchev–Trinajstić information content (AvgIpc) is 2.29. The number of rotatable bonds is 2. The number of hydrogen-bond donors (Lipinski definition) is 2. The second kappa shape index (κ2) is 4.50. The number of benzene rings is 2. The summed E-state index contributed by atoms with van der Waals surface area (Å²) in [7, 11) is 0. The van der Waals surface area contributed by atoms with Gasteiger partial charge in [-0.1, -0.05) is 31.2 Å². The molecule has 2 aromatic carbocycles. The first-order valence-electron chi connectivity index (χ1n) is 5.75. The molecule has 2 N–H and O–H groups in total. The summed E-state index contributed by atoms with van der Waals surface area (Å²) in [4.78, 5) is 0. The van der Waals surface area contributed by atoms with Gasteiger partial charge in [-0.2, -0.15) is 0 Å². The maximum absolute atomic E-state index is 9.97. The number of aromatic hydroxyl groups is 2. The second-order valence-electron chi connectivity index (χ2n) is 4.13. The van der Waals surface area contributed by atoms with Gasteiger partial charge in [-0.15, -0.1) is 0 Å². The molecule has 0 bridgehead atoms. The van der Waals surface area contributed by atoms with Crippen molar-refractivity contribution in [1.82, 2.24) is 0 Å². The first-order valence-corrected chi connectivity index (χ1v) is 5.75. The van der Waals surface area contributed by atoms with E-state index < -0.39 is 0 Å². The van der Waals surface area contributed by atoms with E-state index in [2.05, 4.69) is 0 Å². The van der Waals surface area contributed by atoms with Crippen LogP contribution in [0.25, 0.3) is 11.1 Å². The van der Waals surface area contributed by atoms with Crippen LogP contribution >= 0.6 is 0 Å². The van der Waals surface area contributed by atoms with Gasteiger partial charge in [-0.05, 0) is 36.6 Å². The molecule has 2 nitrogen and oxygen atoms in total. The molecule has 0 aliphatic rings. The van der Waals surface area contributed by atoms with E-state index in [0.29, 0.717) is 0 Å². The van der Waals surface area contributed by atoms with Crippen molar-refractivity contribution in [2.45, 2.75) is 20.3 Å². The number of phenolic OH excluding ortho intramolecular Hbond substituents is 2. The van der Waals surface area contributed by atoms with Crippen LogP contribution in [0.4, 0.5) is 0 Å². The van der Waals surface area contributed by atoms with Crippen molar-refractivity contribution in [1.29, 1.82) is 0 Å². The Hall–Kier alpha value is -1.96. The monoisotopic (exact) mass is 228 g/mol. The maximum Gasteiger partial charge on any atom is 0.123 e. The standard InChI is InChI=1S/C15H16O2/c1-3-11-12(7-5-8-13(11)16)15-10(2)6-4-9-14(15)17/h4-9,16-17H,3H2,1-2H3. The highest BCUT2D eigenvalue weighted by atomic mass is 16.3. The quantitative estimate of drug-likeness (QED) is 0.823. The van der Waals surface area contributed by atoms with Crippen molar-refractivity contribution in [3.8, 4) is 22.6 Å². The fourth-order valence-electron chi connectivity index (χ4n) is 2.18. The van der Waals surface area contributed by atoms with Crippen molar-refractivity contribution in [3.63, 3.8) is 0 Å². The van der Waals surface area contributed by atoms with E-state index in [1.165, 1.54) is 0 Å². The Balaban J connectivity index is 2.73. The van der Waals surface area contributed by atoms with Gasteiger partial charge < -0.3 is 10.2 Å². The predicted molar refractivity (Wildman–Crippen MR) is 69.3 cm³/mol.